The molecule has 0 rings (SSSR count). The van der Waals surface area contributed by atoms with Crippen LogP contribution in [0.1, 0.15) is 245 Å². The summed E-state index contributed by atoms with van der Waals surface area (Å²) in [7, 11) is 0. The van der Waals surface area contributed by atoms with E-state index in [9.17, 15) is 19.8 Å². The molecule has 3 unspecified atom stereocenters. The van der Waals surface area contributed by atoms with Gasteiger partial charge in [-0.05, 0) is 70.6 Å². The van der Waals surface area contributed by atoms with Gasteiger partial charge in [0.05, 0.1) is 25.2 Å². The Morgan fingerprint density at radius 2 is 0.917 bits per heavy atom. The quantitative estimate of drug-likeness (QED) is 0.0246. The van der Waals surface area contributed by atoms with Gasteiger partial charge in [-0.2, -0.15) is 0 Å². The highest BCUT2D eigenvalue weighted by Crippen LogP contribution is 2.17. The molecule has 0 fully saturated rings. The monoisotopic (exact) mass is 840 g/mol. The first-order valence-electron chi connectivity index (χ1n) is 25.6. The fraction of sp³-hybridized carbons (Fsp3) is 0.778. The number of carbonyl (C=O) groups is 2. The van der Waals surface area contributed by atoms with Gasteiger partial charge in [0, 0.05) is 6.42 Å². The Morgan fingerprint density at radius 1 is 0.500 bits per heavy atom. The van der Waals surface area contributed by atoms with Crippen molar-refractivity contribution in [1.29, 1.82) is 0 Å². The molecule has 0 aliphatic rings. The van der Waals surface area contributed by atoms with Gasteiger partial charge in [0.1, 0.15) is 6.10 Å². The number of amides is 1. The van der Waals surface area contributed by atoms with E-state index in [1.165, 1.54) is 116 Å². The Kier molecular flexibility index (Phi) is 45.7. The Labute approximate surface area is 371 Å². The molecule has 6 heteroatoms. The molecule has 0 spiro atoms. The predicted octanol–water partition coefficient (Wildman–Crippen LogP) is 15.2. The molecular formula is C54H97NO5. The van der Waals surface area contributed by atoms with Crippen LogP contribution in [0.4, 0.5) is 0 Å². The second kappa shape index (κ2) is 47.6. The number of carbonyl (C=O) groups excluding carboxylic acids is 2. The number of ether oxygens (including phenoxy) is 1. The Hall–Kier alpha value is -2.44. The molecule has 1 amide bonds. The van der Waals surface area contributed by atoms with Gasteiger partial charge in [-0.25, -0.2) is 0 Å². The molecule has 348 valence electrons. The maximum Gasteiger partial charge on any atom is 0.306 e. The third-order valence-electron chi connectivity index (χ3n) is 11.4. The van der Waals surface area contributed by atoms with Crippen molar-refractivity contribution >= 4 is 11.9 Å². The summed E-state index contributed by atoms with van der Waals surface area (Å²) in [5, 5.41) is 23.8. The van der Waals surface area contributed by atoms with Gasteiger partial charge in [-0.1, -0.05) is 223 Å². The van der Waals surface area contributed by atoms with Crippen molar-refractivity contribution in [3.63, 3.8) is 0 Å². The molecule has 0 aliphatic carbocycles. The normalized spacial score (nSPS) is 13.8. The molecule has 3 atom stereocenters. The van der Waals surface area contributed by atoms with Gasteiger partial charge >= 0.3 is 5.97 Å². The topological polar surface area (TPSA) is 95.9 Å². The first-order chi connectivity index (χ1) is 29.5. The zero-order valence-electron chi connectivity index (χ0n) is 39.6. The fourth-order valence-electron chi connectivity index (χ4n) is 7.55. The second-order valence-corrected chi connectivity index (χ2v) is 17.3. The standard InChI is InChI=1S/C54H97NO5/c1-4-7-10-13-16-19-22-25-26-29-31-34-37-40-43-46-52(57)51(49-56)55-53(58)48-50(45-42-39-36-33-30-27-23-20-17-14-11-8-5-2)60-54(59)47-44-41-38-35-32-28-24-21-18-15-12-9-6-3/h8,11,14,17,20,23,27-28,30,32,50-52,56-57H,4-7,9-10,12-13,15-16,18-19,21-22,24-26,29,31,33-49H2,1-3H3,(H,55,58)/b11-8+,17-14+,23-20+,30-27-,32-28-. The van der Waals surface area contributed by atoms with Crippen molar-refractivity contribution in [2.45, 2.75) is 264 Å². The number of hydrogen-bond acceptors (Lipinski definition) is 5. The summed E-state index contributed by atoms with van der Waals surface area (Å²) in [5.41, 5.74) is 0. The number of nitrogens with one attached hydrogen (secondary N) is 1. The number of hydrogen-bond donors (Lipinski definition) is 3. The largest absolute Gasteiger partial charge is 0.462 e. The molecule has 0 aromatic heterocycles. The minimum absolute atomic E-state index is 0.0446. The van der Waals surface area contributed by atoms with E-state index < -0.39 is 18.2 Å². The highest BCUT2D eigenvalue weighted by molar-refractivity contribution is 5.77. The molecule has 3 N–H and O–H groups in total. The lowest BCUT2D eigenvalue weighted by molar-refractivity contribution is -0.151. The Morgan fingerprint density at radius 3 is 1.43 bits per heavy atom. The summed E-state index contributed by atoms with van der Waals surface area (Å²) >= 11 is 0. The lowest BCUT2D eigenvalue weighted by Gasteiger charge is -2.24. The molecule has 0 saturated heterocycles. The highest BCUT2D eigenvalue weighted by Gasteiger charge is 2.24. The van der Waals surface area contributed by atoms with Crippen LogP contribution in [-0.4, -0.2) is 46.9 Å². The molecule has 6 nitrogen and oxygen atoms in total. The SMILES string of the molecule is CC/C=C/C=C/C=C/C=C\CCCCCC(CC(=O)NC(CO)C(O)CCCCCCCCCCCCCCCCC)OC(=O)CCCCC/C=C\CCCCCCCC. The fourth-order valence-corrected chi connectivity index (χ4v) is 7.55. The third-order valence-corrected chi connectivity index (χ3v) is 11.4. The molecule has 0 saturated carbocycles. The molecule has 0 bridgehead atoms. The third kappa shape index (κ3) is 42.3. The van der Waals surface area contributed by atoms with E-state index in [4.69, 9.17) is 4.74 Å². The number of unbranched alkanes of at least 4 members (excludes halogenated alkanes) is 26. The zero-order valence-corrected chi connectivity index (χ0v) is 39.6. The van der Waals surface area contributed by atoms with Crippen molar-refractivity contribution < 1.29 is 24.5 Å². The van der Waals surface area contributed by atoms with Crippen LogP contribution >= 0.6 is 0 Å². The molecule has 0 radical (unpaired) electrons. The van der Waals surface area contributed by atoms with Crippen LogP contribution in [0.5, 0.6) is 0 Å². The minimum Gasteiger partial charge on any atom is -0.462 e. The van der Waals surface area contributed by atoms with Gasteiger partial charge in [0.2, 0.25) is 5.91 Å². The summed E-state index contributed by atoms with van der Waals surface area (Å²) in [6.07, 6.45) is 58.5. The lowest BCUT2D eigenvalue weighted by Crippen LogP contribution is -2.46. The van der Waals surface area contributed by atoms with Gasteiger partial charge < -0.3 is 20.3 Å². The van der Waals surface area contributed by atoms with Crippen molar-refractivity contribution in [2.24, 2.45) is 0 Å². The van der Waals surface area contributed by atoms with Gasteiger partial charge in [0.15, 0.2) is 0 Å². The second-order valence-electron chi connectivity index (χ2n) is 17.3. The molecule has 0 aliphatic heterocycles. The smallest absolute Gasteiger partial charge is 0.306 e. The molecule has 60 heavy (non-hydrogen) atoms. The van der Waals surface area contributed by atoms with Gasteiger partial charge in [0.25, 0.3) is 0 Å². The van der Waals surface area contributed by atoms with E-state index >= 15 is 0 Å². The lowest BCUT2D eigenvalue weighted by atomic mass is 10.0. The predicted molar refractivity (Wildman–Crippen MR) is 259 cm³/mol. The van der Waals surface area contributed by atoms with E-state index in [2.05, 4.69) is 62.5 Å². The van der Waals surface area contributed by atoms with Crippen LogP contribution < -0.4 is 5.32 Å². The van der Waals surface area contributed by atoms with Crippen LogP contribution in [0.15, 0.2) is 60.8 Å². The number of aliphatic hydroxyl groups excluding tert-OH is 2. The average molecular weight is 840 g/mol. The van der Waals surface area contributed by atoms with Crippen LogP contribution in [0, 0.1) is 0 Å². The number of rotatable bonds is 45. The highest BCUT2D eigenvalue weighted by atomic mass is 16.5. The number of esters is 1. The molecular weight excluding hydrogens is 743 g/mol. The van der Waals surface area contributed by atoms with Crippen LogP contribution in [0.25, 0.3) is 0 Å². The van der Waals surface area contributed by atoms with E-state index in [1.54, 1.807) is 0 Å². The number of allylic oxidation sites excluding steroid dienone is 10. The van der Waals surface area contributed by atoms with E-state index in [0.717, 1.165) is 83.5 Å². The maximum absolute atomic E-state index is 13.2. The molecule has 0 aromatic carbocycles. The van der Waals surface area contributed by atoms with Crippen molar-refractivity contribution in [3.05, 3.63) is 60.8 Å². The summed E-state index contributed by atoms with van der Waals surface area (Å²) < 4.78 is 5.90. The van der Waals surface area contributed by atoms with Crippen molar-refractivity contribution in [2.75, 3.05) is 6.61 Å². The minimum atomic E-state index is -0.802. The van der Waals surface area contributed by atoms with Crippen LogP contribution in [0.2, 0.25) is 0 Å². The summed E-state index contributed by atoms with van der Waals surface area (Å²) in [5.74, 6) is -0.531. The van der Waals surface area contributed by atoms with Crippen LogP contribution in [0.3, 0.4) is 0 Å². The zero-order chi connectivity index (χ0) is 43.8. The van der Waals surface area contributed by atoms with Crippen molar-refractivity contribution in [3.8, 4) is 0 Å². The summed E-state index contributed by atoms with van der Waals surface area (Å²) in [6.45, 7) is 6.33. The molecule has 0 heterocycles. The summed E-state index contributed by atoms with van der Waals surface area (Å²) in [6, 6.07) is -0.718. The first-order valence-corrected chi connectivity index (χ1v) is 25.6. The average Bonchev–Trinajstić information content (AvgIpc) is 3.24. The summed E-state index contributed by atoms with van der Waals surface area (Å²) in [4.78, 5) is 26.1. The van der Waals surface area contributed by atoms with E-state index in [0.29, 0.717) is 19.3 Å². The Bertz CT molecular complexity index is 1080. The Balaban J connectivity index is 4.62. The van der Waals surface area contributed by atoms with E-state index in [-0.39, 0.29) is 24.9 Å². The van der Waals surface area contributed by atoms with Crippen LogP contribution in [-0.2, 0) is 14.3 Å². The van der Waals surface area contributed by atoms with Crippen molar-refractivity contribution in [1.82, 2.24) is 5.32 Å². The first kappa shape index (κ1) is 57.6. The van der Waals surface area contributed by atoms with Gasteiger partial charge in [-0.3, -0.25) is 9.59 Å². The molecule has 0 aromatic rings. The van der Waals surface area contributed by atoms with E-state index in [1.807, 2.05) is 24.3 Å². The maximum atomic E-state index is 13.2. The number of aliphatic hydroxyl groups is 2. The van der Waals surface area contributed by atoms with Gasteiger partial charge in [-0.15, -0.1) is 0 Å².